The van der Waals surface area contributed by atoms with Gasteiger partial charge in [0.2, 0.25) is 0 Å². The van der Waals surface area contributed by atoms with E-state index < -0.39 is 0 Å². The number of rotatable bonds is 5. The molecule has 6 nitrogen and oxygen atoms in total. The summed E-state index contributed by atoms with van der Waals surface area (Å²) < 4.78 is 12.1. The van der Waals surface area contributed by atoms with E-state index in [4.69, 9.17) is 9.47 Å². The third-order valence-corrected chi connectivity index (χ3v) is 6.82. The molecule has 1 saturated carbocycles. The highest BCUT2D eigenvalue weighted by atomic mass is 16.5. The first-order valence-corrected chi connectivity index (χ1v) is 11.8. The molecule has 0 spiro atoms. The molecule has 1 aliphatic heterocycles. The molecular formula is C26H32N4O2. The first-order chi connectivity index (χ1) is 15.7. The van der Waals surface area contributed by atoms with Gasteiger partial charge < -0.3 is 14.4 Å². The van der Waals surface area contributed by atoms with Crippen LogP contribution in [0.5, 0.6) is 5.75 Å². The predicted octanol–water partition coefficient (Wildman–Crippen LogP) is 4.66. The molecule has 2 aliphatic rings. The Labute approximate surface area is 190 Å². The summed E-state index contributed by atoms with van der Waals surface area (Å²) in [7, 11) is 0. The molecule has 32 heavy (non-hydrogen) atoms. The summed E-state index contributed by atoms with van der Waals surface area (Å²) in [5.74, 6) is 1.56. The molecule has 1 saturated heterocycles. The number of fused-ring (bicyclic) bond motifs is 1. The first-order valence-electron chi connectivity index (χ1n) is 11.8. The van der Waals surface area contributed by atoms with Crippen LogP contribution in [0.3, 0.4) is 0 Å². The van der Waals surface area contributed by atoms with Crippen molar-refractivity contribution in [2.24, 2.45) is 5.92 Å². The molecule has 2 aromatic heterocycles. The minimum absolute atomic E-state index is 0.230. The van der Waals surface area contributed by atoms with E-state index in [1.807, 2.05) is 6.20 Å². The lowest BCUT2D eigenvalue weighted by molar-refractivity contribution is 0.122. The average molecular weight is 433 g/mol. The number of hydrogen-bond acceptors (Lipinski definition) is 6. The Hall–Kier alpha value is -2.73. The largest absolute Gasteiger partial charge is 0.488 e. The summed E-state index contributed by atoms with van der Waals surface area (Å²) in [4.78, 5) is 16.0. The molecule has 168 valence electrons. The Kier molecular flexibility index (Phi) is 6.21. The molecule has 0 unspecified atom stereocenters. The third kappa shape index (κ3) is 4.70. The molecule has 3 heterocycles. The van der Waals surface area contributed by atoms with Gasteiger partial charge in [-0.15, -0.1) is 0 Å². The second kappa shape index (κ2) is 9.41. The molecule has 1 aromatic carbocycles. The van der Waals surface area contributed by atoms with E-state index in [1.54, 1.807) is 12.4 Å². The van der Waals surface area contributed by atoms with Gasteiger partial charge in [0, 0.05) is 49.1 Å². The standard InChI is InChI=1S/C26H32N4O2/c1-18-13-21(19(2)29-17-18)14-20-3-5-23(6-4-20)32-25-16-22(30-9-11-31-12-10-30)15-24-26(25)28-8-7-27-24/h7-8,13,15-17,20,23H,3-6,9-12,14H2,1-2H3. The van der Waals surface area contributed by atoms with Gasteiger partial charge in [0.25, 0.3) is 0 Å². The fourth-order valence-corrected chi connectivity index (χ4v) is 4.97. The van der Waals surface area contributed by atoms with Crippen LogP contribution in [0.15, 0.2) is 36.8 Å². The van der Waals surface area contributed by atoms with E-state index in [0.717, 1.165) is 68.0 Å². The van der Waals surface area contributed by atoms with Crippen molar-refractivity contribution in [3.63, 3.8) is 0 Å². The van der Waals surface area contributed by atoms with Crippen LogP contribution in [0.1, 0.15) is 42.5 Å². The van der Waals surface area contributed by atoms with Crippen LogP contribution < -0.4 is 9.64 Å². The lowest BCUT2D eigenvalue weighted by Gasteiger charge is -2.31. The van der Waals surface area contributed by atoms with Gasteiger partial charge in [0.1, 0.15) is 11.3 Å². The van der Waals surface area contributed by atoms with Crippen LogP contribution in [0.25, 0.3) is 11.0 Å². The number of anilines is 1. The predicted molar refractivity (Wildman–Crippen MR) is 126 cm³/mol. The van der Waals surface area contributed by atoms with Crippen molar-refractivity contribution in [1.29, 1.82) is 0 Å². The number of morpholine rings is 1. The van der Waals surface area contributed by atoms with Gasteiger partial charge in [-0.25, -0.2) is 4.98 Å². The van der Waals surface area contributed by atoms with Crippen molar-refractivity contribution in [3.8, 4) is 5.75 Å². The normalized spacial score (nSPS) is 21.6. The van der Waals surface area contributed by atoms with Crippen molar-refractivity contribution in [2.75, 3.05) is 31.2 Å². The number of hydrogen-bond donors (Lipinski definition) is 0. The monoisotopic (exact) mass is 432 g/mol. The van der Waals surface area contributed by atoms with E-state index in [0.29, 0.717) is 5.92 Å². The maximum absolute atomic E-state index is 6.57. The molecule has 2 fully saturated rings. The Morgan fingerprint density at radius 1 is 0.969 bits per heavy atom. The van der Waals surface area contributed by atoms with Crippen molar-refractivity contribution >= 4 is 16.7 Å². The van der Waals surface area contributed by atoms with Crippen LogP contribution >= 0.6 is 0 Å². The summed E-state index contributed by atoms with van der Waals surface area (Å²) in [6.07, 6.45) is 11.3. The van der Waals surface area contributed by atoms with E-state index in [2.05, 4.69) is 51.9 Å². The van der Waals surface area contributed by atoms with Crippen LogP contribution in [0.2, 0.25) is 0 Å². The zero-order chi connectivity index (χ0) is 21.9. The smallest absolute Gasteiger partial charge is 0.149 e. The van der Waals surface area contributed by atoms with Gasteiger partial charge in [-0.05, 0) is 69.1 Å². The summed E-state index contributed by atoms with van der Waals surface area (Å²) in [5, 5.41) is 0. The zero-order valence-corrected chi connectivity index (χ0v) is 19.1. The minimum Gasteiger partial charge on any atom is -0.488 e. The van der Waals surface area contributed by atoms with Crippen LogP contribution in [0, 0.1) is 19.8 Å². The van der Waals surface area contributed by atoms with E-state index in [9.17, 15) is 0 Å². The van der Waals surface area contributed by atoms with Crippen LogP contribution in [0.4, 0.5) is 5.69 Å². The van der Waals surface area contributed by atoms with Crippen molar-refractivity contribution in [1.82, 2.24) is 15.0 Å². The second-order valence-electron chi connectivity index (χ2n) is 9.19. The third-order valence-electron chi connectivity index (χ3n) is 6.82. The Bertz CT molecular complexity index is 1070. The highest BCUT2D eigenvalue weighted by Gasteiger charge is 2.25. The molecule has 6 heteroatoms. The number of aromatic nitrogens is 3. The fraction of sp³-hybridized carbons (Fsp3) is 0.500. The first kappa shape index (κ1) is 21.1. The van der Waals surface area contributed by atoms with Gasteiger partial charge in [0.15, 0.2) is 0 Å². The summed E-state index contributed by atoms with van der Waals surface area (Å²) in [6, 6.07) is 6.57. The molecule has 0 atom stereocenters. The molecule has 0 bridgehead atoms. The van der Waals surface area contributed by atoms with Gasteiger partial charge in [-0.3, -0.25) is 9.97 Å². The zero-order valence-electron chi connectivity index (χ0n) is 19.1. The highest BCUT2D eigenvalue weighted by Crippen LogP contribution is 2.35. The van der Waals surface area contributed by atoms with Gasteiger partial charge in [-0.1, -0.05) is 6.07 Å². The summed E-state index contributed by atoms with van der Waals surface area (Å²) in [6.45, 7) is 7.55. The van der Waals surface area contributed by atoms with Crippen LogP contribution in [-0.2, 0) is 11.2 Å². The average Bonchev–Trinajstić information content (AvgIpc) is 2.83. The van der Waals surface area contributed by atoms with Crippen molar-refractivity contribution < 1.29 is 9.47 Å². The number of pyridine rings is 1. The Balaban J connectivity index is 1.28. The number of aryl methyl sites for hydroxylation is 2. The van der Waals surface area contributed by atoms with E-state index in [-0.39, 0.29) is 6.10 Å². The molecular weight excluding hydrogens is 400 g/mol. The SMILES string of the molecule is Cc1cnc(C)c(CC2CCC(Oc3cc(N4CCOCC4)cc4nccnc34)CC2)c1. The lowest BCUT2D eigenvalue weighted by Crippen LogP contribution is -2.36. The topological polar surface area (TPSA) is 60.4 Å². The van der Waals surface area contributed by atoms with E-state index >= 15 is 0 Å². The summed E-state index contributed by atoms with van der Waals surface area (Å²) >= 11 is 0. The van der Waals surface area contributed by atoms with Crippen LogP contribution in [-0.4, -0.2) is 47.4 Å². The Morgan fingerprint density at radius 3 is 2.56 bits per heavy atom. The number of ether oxygens (including phenoxy) is 2. The maximum atomic E-state index is 6.57. The number of benzene rings is 1. The highest BCUT2D eigenvalue weighted by molar-refractivity contribution is 5.85. The quantitative estimate of drug-likeness (QED) is 0.584. The lowest BCUT2D eigenvalue weighted by atomic mass is 9.83. The Morgan fingerprint density at radius 2 is 1.75 bits per heavy atom. The molecule has 1 aliphatic carbocycles. The number of nitrogens with zero attached hydrogens (tertiary/aromatic N) is 4. The molecule has 0 N–H and O–H groups in total. The summed E-state index contributed by atoms with van der Waals surface area (Å²) in [5.41, 5.74) is 6.70. The van der Waals surface area contributed by atoms with E-state index in [1.165, 1.54) is 29.7 Å². The van der Waals surface area contributed by atoms with Gasteiger partial charge >= 0.3 is 0 Å². The molecule has 3 aromatic rings. The van der Waals surface area contributed by atoms with Gasteiger partial charge in [0.05, 0.1) is 24.8 Å². The second-order valence-corrected chi connectivity index (χ2v) is 9.19. The minimum atomic E-state index is 0.230. The fourth-order valence-electron chi connectivity index (χ4n) is 4.97. The maximum Gasteiger partial charge on any atom is 0.149 e. The molecule has 0 radical (unpaired) electrons. The molecule has 0 amide bonds. The van der Waals surface area contributed by atoms with Gasteiger partial charge in [-0.2, -0.15) is 0 Å². The van der Waals surface area contributed by atoms with Crippen molar-refractivity contribution in [2.45, 2.75) is 52.1 Å². The molecule has 5 rings (SSSR count). The van der Waals surface area contributed by atoms with Crippen molar-refractivity contribution in [3.05, 3.63) is 53.6 Å².